The van der Waals surface area contributed by atoms with Crippen LogP contribution in [0.3, 0.4) is 0 Å². The predicted molar refractivity (Wildman–Crippen MR) is 67.5 cm³/mol. The molecule has 0 aliphatic rings. The van der Waals surface area contributed by atoms with Crippen molar-refractivity contribution in [1.82, 2.24) is 0 Å². The summed E-state index contributed by atoms with van der Waals surface area (Å²) in [5.74, 6) is -0.829. The molecule has 21 heavy (non-hydrogen) atoms. The van der Waals surface area contributed by atoms with E-state index >= 15 is 0 Å². The van der Waals surface area contributed by atoms with Gasteiger partial charge in [0, 0.05) is 0 Å². The third-order valence-electron chi connectivity index (χ3n) is 2.36. The summed E-state index contributed by atoms with van der Waals surface area (Å²) in [6.45, 7) is 1.75. The van der Waals surface area contributed by atoms with Crippen molar-refractivity contribution in [3.05, 3.63) is 29.8 Å². The van der Waals surface area contributed by atoms with Crippen LogP contribution in [0.2, 0.25) is 0 Å². The van der Waals surface area contributed by atoms with Crippen molar-refractivity contribution in [2.45, 2.75) is 19.3 Å². The molecule has 0 radical (unpaired) electrons. The maximum Gasteiger partial charge on any atom is 0.573 e. The van der Waals surface area contributed by atoms with Crippen molar-refractivity contribution >= 4 is 5.97 Å². The van der Waals surface area contributed by atoms with E-state index in [9.17, 15) is 18.0 Å². The minimum atomic E-state index is -4.73. The molecule has 0 aromatic heterocycles. The maximum absolute atomic E-state index is 12.0. The van der Waals surface area contributed by atoms with Gasteiger partial charge in [0.15, 0.2) is 0 Å². The number of rotatable bonds is 7. The summed E-state index contributed by atoms with van der Waals surface area (Å²) in [6.07, 6.45) is -4.73. The van der Waals surface area contributed by atoms with E-state index in [-0.39, 0.29) is 25.6 Å². The molecular formula is C13H16F3NO4. The molecule has 0 saturated carbocycles. The number of alkyl halides is 3. The summed E-state index contributed by atoms with van der Waals surface area (Å²) in [4.78, 5) is 11.0. The Morgan fingerprint density at radius 2 is 1.90 bits per heavy atom. The Balaban J connectivity index is 2.44. The Hall–Kier alpha value is -1.80. The zero-order chi connectivity index (χ0) is 15.9. The number of nitrogens with two attached hydrogens (primary N) is 1. The van der Waals surface area contributed by atoms with Crippen LogP contribution in [0.15, 0.2) is 24.3 Å². The van der Waals surface area contributed by atoms with E-state index in [1.165, 1.54) is 12.1 Å². The molecule has 1 unspecified atom stereocenters. The van der Waals surface area contributed by atoms with Gasteiger partial charge in [-0.1, -0.05) is 12.1 Å². The van der Waals surface area contributed by atoms with Crippen molar-refractivity contribution in [2.24, 2.45) is 5.73 Å². The highest BCUT2D eigenvalue weighted by Gasteiger charge is 2.31. The average Bonchev–Trinajstić information content (AvgIpc) is 2.38. The van der Waals surface area contributed by atoms with Gasteiger partial charge in [-0.3, -0.25) is 0 Å². The number of ether oxygens (including phenoxy) is 3. The second kappa shape index (κ2) is 7.84. The zero-order valence-electron chi connectivity index (χ0n) is 11.4. The fraction of sp³-hybridized carbons (Fsp3) is 0.462. The van der Waals surface area contributed by atoms with Crippen molar-refractivity contribution in [3.8, 4) is 5.75 Å². The van der Waals surface area contributed by atoms with E-state index in [0.717, 1.165) is 12.1 Å². The van der Waals surface area contributed by atoms with Crippen LogP contribution in [0.5, 0.6) is 5.75 Å². The van der Waals surface area contributed by atoms with Gasteiger partial charge in [0.05, 0.1) is 19.3 Å². The van der Waals surface area contributed by atoms with Gasteiger partial charge in [-0.25, -0.2) is 4.79 Å². The summed E-state index contributed by atoms with van der Waals surface area (Å²) in [5.41, 5.74) is 6.36. The number of benzene rings is 1. The molecule has 0 saturated heterocycles. The van der Waals surface area contributed by atoms with Gasteiger partial charge < -0.3 is 19.9 Å². The predicted octanol–water partition coefficient (Wildman–Crippen LogP) is 2.16. The number of carbonyl (C=O) groups is 1. The molecule has 8 heteroatoms. The molecule has 0 amide bonds. The standard InChI is InChI=1S/C13H16F3NO4/c1-2-20-12(18)8-19-7-11(17)9-3-5-10(6-4-9)21-13(14,15)16/h3-6,11H,2,7-8,17H2,1H3. The molecule has 1 atom stereocenters. The van der Waals surface area contributed by atoms with Gasteiger partial charge in [0.1, 0.15) is 12.4 Å². The van der Waals surface area contributed by atoms with Gasteiger partial charge >= 0.3 is 12.3 Å². The summed E-state index contributed by atoms with van der Waals surface area (Å²) in [5, 5.41) is 0. The van der Waals surface area contributed by atoms with Gasteiger partial charge in [0.25, 0.3) is 0 Å². The fourth-order valence-corrected chi connectivity index (χ4v) is 1.48. The topological polar surface area (TPSA) is 70.8 Å². The van der Waals surface area contributed by atoms with E-state index < -0.39 is 18.4 Å². The second-order valence-electron chi connectivity index (χ2n) is 4.04. The van der Waals surface area contributed by atoms with Crippen molar-refractivity contribution in [1.29, 1.82) is 0 Å². The van der Waals surface area contributed by atoms with E-state index in [1.807, 2.05) is 0 Å². The largest absolute Gasteiger partial charge is 0.573 e. The Morgan fingerprint density at radius 1 is 1.29 bits per heavy atom. The molecule has 0 heterocycles. The Labute approximate surface area is 119 Å². The zero-order valence-corrected chi connectivity index (χ0v) is 11.4. The van der Waals surface area contributed by atoms with Crippen molar-refractivity contribution in [3.63, 3.8) is 0 Å². The lowest BCUT2D eigenvalue weighted by atomic mass is 10.1. The first-order valence-corrected chi connectivity index (χ1v) is 6.16. The molecule has 0 bridgehead atoms. The lowest BCUT2D eigenvalue weighted by Crippen LogP contribution is -2.21. The van der Waals surface area contributed by atoms with Gasteiger partial charge in [-0.05, 0) is 24.6 Å². The van der Waals surface area contributed by atoms with Crippen LogP contribution in [0.4, 0.5) is 13.2 Å². The summed E-state index contributed by atoms with van der Waals surface area (Å²) < 4.78 is 49.5. The summed E-state index contributed by atoms with van der Waals surface area (Å²) in [7, 11) is 0. The molecule has 1 rings (SSSR count). The third-order valence-corrected chi connectivity index (χ3v) is 2.36. The maximum atomic E-state index is 12.0. The van der Waals surface area contributed by atoms with Crippen LogP contribution >= 0.6 is 0 Å². The number of halogens is 3. The van der Waals surface area contributed by atoms with E-state index in [0.29, 0.717) is 5.56 Å². The van der Waals surface area contributed by atoms with Gasteiger partial charge in [-0.15, -0.1) is 13.2 Å². The minimum Gasteiger partial charge on any atom is -0.464 e. The molecule has 5 nitrogen and oxygen atoms in total. The highest BCUT2D eigenvalue weighted by Crippen LogP contribution is 2.23. The molecular weight excluding hydrogens is 291 g/mol. The monoisotopic (exact) mass is 307 g/mol. The van der Waals surface area contributed by atoms with Gasteiger partial charge in [-0.2, -0.15) is 0 Å². The SMILES string of the molecule is CCOC(=O)COCC(N)c1ccc(OC(F)(F)F)cc1. The lowest BCUT2D eigenvalue weighted by molar-refractivity contribution is -0.274. The highest BCUT2D eigenvalue weighted by molar-refractivity contribution is 5.70. The molecule has 0 spiro atoms. The summed E-state index contributed by atoms with van der Waals surface area (Å²) >= 11 is 0. The first-order valence-electron chi connectivity index (χ1n) is 6.16. The Morgan fingerprint density at radius 3 is 2.43 bits per heavy atom. The normalized spacial score (nSPS) is 12.8. The van der Waals surface area contributed by atoms with Crippen LogP contribution in [0.25, 0.3) is 0 Å². The fourth-order valence-electron chi connectivity index (χ4n) is 1.48. The van der Waals surface area contributed by atoms with E-state index in [1.54, 1.807) is 6.92 Å². The smallest absolute Gasteiger partial charge is 0.464 e. The molecule has 1 aromatic carbocycles. The molecule has 0 aliphatic heterocycles. The second-order valence-corrected chi connectivity index (χ2v) is 4.04. The molecule has 0 aliphatic carbocycles. The Bertz CT molecular complexity index is 448. The van der Waals surface area contributed by atoms with Crippen molar-refractivity contribution < 1.29 is 32.2 Å². The van der Waals surface area contributed by atoms with Crippen LogP contribution in [0, 0.1) is 0 Å². The van der Waals surface area contributed by atoms with Crippen molar-refractivity contribution in [2.75, 3.05) is 19.8 Å². The summed E-state index contributed by atoms with van der Waals surface area (Å²) in [6, 6.07) is 4.56. The first kappa shape index (κ1) is 17.3. The van der Waals surface area contributed by atoms with E-state index in [4.69, 9.17) is 10.5 Å². The number of hydrogen-bond donors (Lipinski definition) is 1. The first-order chi connectivity index (χ1) is 9.81. The molecule has 0 fully saturated rings. The highest BCUT2D eigenvalue weighted by atomic mass is 19.4. The lowest BCUT2D eigenvalue weighted by Gasteiger charge is -2.13. The van der Waals surface area contributed by atoms with Crippen LogP contribution in [0.1, 0.15) is 18.5 Å². The number of esters is 1. The van der Waals surface area contributed by atoms with Crippen LogP contribution < -0.4 is 10.5 Å². The Kier molecular flexibility index (Phi) is 6.44. The number of hydrogen-bond acceptors (Lipinski definition) is 5. The molecule has 2 N–H and O–H groups in total. The average molecular weight is 307 g/mol. The third kappa shape index (κ3) is 6.96. The van der Waals surface area contributed by atoms with Gasteiger partial charge in [0.2, 0.25) is 0 Å². The molecule has 118 valence electrons. The quantitative estimate of drug-likeness (QED) is 0.782. The van der Waals surface area contributed by atoms with Crippen LogP contribution in [-0.4, -0.2) is 32.2 Å². The number of carbonyl (C=O) groups excluding carboxylic acids is 1. The molecule has 1 aromatic rings. The van der Waals surface area contributed by atoms with Crippen LogP contribution in [-0.2, 0) is 14.3 Å². The minimum absolute atomic E-state index is 0.0400. The van der Waals surface area contributed by atoms with E-state index in [2.05, 4.69) is 9.47 Å².